The minimum absolute atomic E-state index is 0.148. The first kappa shape index (κ1) is 14.7. The van der Waals surface area contributed by atoms with E-state index in [1.54, 1.807) is 0 Å². The number of esters is 2. The molecular formula is C14H22O4. The maximum absolute atomic E-state index is 11.8. The zero-order chi connectivity index (χ0) is 13.5. The molecule has 0 bridgehead atoms. The third-order valence-electron chi connectivity index (χ3n) is 3.67. The van der Waals surface area contributed by atoms with Gasteiger partial charge in [0, 0.05) is 11.5 Å². The summed E-state index contributed by atoms with van der Waals surface area (Å²) in [4.78, 5) is 23.4. The van der Waals surface area contributed by atoms with Gasteiger partial charge in [0.05, 0.1) is 20.1 Å². The minimum Gasteiger partial charge on any atom is -0.469 e. The first-order valence-corrected chi connectivity index (χ1v) is 6.46. The Morgan fingerprint density at radius 2 is 1.50 bits per heavy atom. The zero-order valence-corrected chi connectivity index (χ0v) is 11.2. The molecule has 0 aromatic rings. The molecule has 0 heterocycles. The average molecular weight is 254 g/mol. The number of methoxy groups -OCH3 is 2. The quantitative estimate of drug-likeness (QED) is 0.573. The Labute approximate surface area is 108 Å². The van der Waals surface area contributed by atoms with Crippen molar-refractivity contribution in [2.45, 2.75) is 38.5 Å². The number of hydrogen-bond donors (Lipinski definition) is 0. The lowest BCUT2D eigenvalue weighted by molar-refractivity contribution is -0.148. The van der Waals surface area contributed by atoms with Gasteiger partial charge >= 0.3 is 11.9 Å². The largest absolute Gasteiger partial charge is 0.469 e. The van der Waals surface area contributed by atoms with E-state index in [1.165, 1.54) is 14.2 Å². The molecule has 0 unspecified atom stereocenters. The van der Waals surface area contributed by atoms with Crippen LogP contribution in [0, 0.1) is 11.8 Å². The van der Waals surface area contributed by atoms with Crippen molar-refractivity contribution in [3.05, 3.63) is 12.2 Å². The maximum Gasteiger partial charge on any atom is 0.333 e. The highest BCUT2D eigenvalue weighted by molar-refractivity contribution is 5.89. The van der Waals surface area contributed by atoms with Gasteiger partial charge in [0.15, 0.2) is 0 Å². The molecule has 0 aliphatic heterocycles. The van der Waals surface area contributed by atoms with Crippen molar-refractivity contribution in [2.24, 2.45) is 11.8 Å². The summed E-state index contributed by atoms with van der Waals surface area (Å²) in [5.41, 5.74) is 0.398. The molecule has 0 amide bonds. The normalized spacial score (nSPS) is 24.6. The summed E-state index contributed by atoms with van der Waals surface area (Å²) in [5, 5.41) is 0. The summed E-state index contributed by atoms with van der Waals surface area (Å²) in [6, 6.07) is 0. The van der Waals surface area contributed by atoms with Crippen LogP contribution in [-0.4, -0.2) is 26.2 Å². The summed E-state index contributed by atoms with van der Waals surface area (Å²) in [7, 11) is 2.72. The number of hydrogen-bond acceptors (Lipinski definition) is 4. The second-order valence-electron chi connectivity index (χ2n) is 4.74. The molecule has 1 rings (SSSR count). The van der Waals surface area contributed by atoms with Gasteiger partial charge in [-0.1, -0.05) is 32.3 Å². The van der Waals surface area contributed by atoms with E-state index >= 15 is 0 Å². The van der Waals surface area contributed by atoms with Crippen LogP contribution in [0.25, 0.3) is 0 Å². The van der Waals surface area contributed by atoms with Crippen molar-refractivity contribution >= 4 is 11.9 Å². The van der Waals surface area contributed by atoms with Crippen molar-refractivity contribution < 1.29 is 19.1 Å². The van der Waals surface area contributed by atoms with Crippen LogP contribution in [0.2, 0.25) is 0 Å². The molecule has 1 saturated carbocycles. The predicted molar refractivity (Wildman–Crippen MR) is 67.9 cm³/mol. The second-order valence-corrected chi connectivity index (χ2v) is 4.74. The fraction of sp³-hybridized carbons (Fsp3) is 0.714. The van der Waals surface area contributed by atoms with Crippen molar-refractivity contribution in [2.75, 3.05) is 14.2 Å². The number of carbonyl (C=O) groups excluding carboxylic acids is 2. The molecule has 102 valence electrons. The minimum atomic E-state index is -0.422. The van der Waals surface area contributed by atoms with Crippen LogP contribution < -0.4 is 0 Å². The smallest absolute Gasteiger partial charge is 0.333 e. The molecule has 0 N–H and O–H groups in total. The Balaban J connectivity index is 2.86. The second kappa shape index (κ2) is 7.19. The SMILES string of the molecule is C=C(C(=O)OC)[C@H]1CCCCCC[C@H]1C(=O)OC. The molecular weight excluding hydrogens is 232 g/mol. The topological polar surface area (TPSA) is 52.6 Å². The molecule has 4 nitrogen and oxygen atoms in total. The lowest BCUT2D eigenvalue weighted by Crippen LogP contribution is -2.30. The van der Waals surface area contributed by atoms with Gasteiger partial charge in [-0.15, -0.1) is 0 Å². The van der Waals surface area contributed by atoms with Crippen molar-refractivity contribution in [3.8, 4) is 0 Å². The number of carbonyl (C=O) groups is 2. The first-order valence-electron chi connectivity index (χ1n) is 6.46. The van der Waals surface area contributed by atoms with Gasteiger partial charge < -0.3 is 9.47 Å². The lowest BCUT2D eigenvalue weighted by Gasteiger charge is -2.27. The molecule has 1 aliphatic rings. The Morgan fingerprint density at radius 3 is 2.00 bits per heavy atom. The summed E-state index contributed by atoms with van der Waals surface area (Å²) in [6.45, 7) is 3.81. The zero-order valence-electron chi connectivity index (χ0n) is 11.2. The van der Waals surface area contributed by atoms with E-state index in [0.717, 1.165) is 38.5 Å². The molecule has 18 heavy (non-hydrogen) atoms. The van der Waals surface area contributed by atoms with Gasteiger partial charge in [-0.3, -0.25) is 4.79 Å². The molecule has 0 aromatic heterocycles. The third kappa shape index (κ3) is 3.59. The van der Waals surface area contributed by atoms with Crippen LogP contribution >= 0.6 is 0 Å². The van der Waals surface area contributed by atoms with Gasteiger partial charge in [0.1, 0.15) is 0 Å². The fourth-order valence-electron chi connectivity index (χ4n) is 2.62. The monoisotopic (exact) mass is 254 g/mol. The van der Waals surface area contributed by atoms with E-state index in [1.807, 2.05) is 0 Å². The first-order chi connectivity index (χ1) is 8.61. The van der Waals surface area contributed by atoms with Crippen LogP contribution in [0.1, 0.15) is 38.5 Å². The Morgan fingerprint density at radius 1 is 0.944 bits per heavy atom. The highest BCUT2D eigenvalue weighted by Crippen LogP contribution is 2.33. The van der Waals surface area contributed by atoms with Crippen molar-refractivity contribution in [1.82, 2.24) is 0 Å². The molecule has 1 fully saturated rings. The van der Waals surface area contributed by atoms with Gasteiger partial charge in [-0.2, -0.15) is 0 Å². The van der Waals surface area contributed by atoms with Crippen LogP contribution in [0.4, 0.5) is 0 Å². The van der Waals surface area contributed by atoms with E-state index in [-0.39, 0.29) is 17.8 Å². The highest BCUT2D eigenvalue weighted by Gasteiger charge is 2.34. The summed E-state index contributed by atoms with van der Waals surface area (Å²) < 4.78 is 9.56. The molecule has 0 aromatic carbocycles. The summed E-state index contributed by atoms with van der Waals surface area (Å²) in [5.74, 6) is -1.08. The maximum atomic E-state index is 11.8. The summed E-state index contributed by atoms with van der Waals surface area (Å²) >= 11 is 0. The van der Waals surface area contributed by atoms with Gasteiger partial charge in [0.25, 0.3) is 0 Å². The van der Waals surface area contributed by atoms with E-state index in [2.05, 4.69) is 6.58 Å². The Hall–Kier alpha value is -1.32. The third-order valence-corrected chi connectivity index (χ3v) is 3.67. The van der Waals surface area contributed by atoms with Gasteiger partial charge in [-0.05, 0) is 12.8 Å². The molecule has 1 aliphatic carbocycles. The van der Waals surface area contributed by atoms with E-state index in [9.17, 15) is 9.59 Å². The number of ether oxygens (including phenoxy) is 2. The van der Waals surface area contributed by atoms with Gasteiger partial charge in [0.2, 0.25) is 0 Å². The molecule has 0 saturated heterocycles. The lowest BCUT2D eigenvalue weighted by atomic mass is 9.78. The van der Waals surface area contributed by atoms with Crippen LogP contribution in [0.5, 0.6) is 0 Å². The van der Waals surface area contributed by atoms with Gasteiger partial charge in [-0.25, -0.2) is 4.79 Å². The Kier molecular flexibility index (Phi) is 5.89. The standard InChI is InChI=1S/C14H22O4/c1-10(13(15)17-2)11-8-6-4-5-7-9-12(11)14(16)18-3/h11-12H,1,4-9H2,2-3H3/t11-,12-/m1/s1. The van der Waals surface area contributed by atoms with Crippen LogP contribution in [-0.2, 0) is 19.1 Å². The van der Waals surface area contributed by atoms with E-state index in [4.69, 9.17) is 9.47 Å². The average Bonchev–Trinajstić information content (AvgIpc) is 2.36. The molecule has 0 spiro atoms. The van der Waals surface area contributed by atoms with E-state index in [0.29, 0.717) is 5.57 Å². The highest BCUT2D eigenvalue weighted by atomic mass is 16.5. The van der Waals surface area contributed by atoms with Crippen molar-refractivity contribution in [1.29, 1.82) is 0 Å². The van der Waals surface area contributed by atoms with Crippen LogP contribution in [0.15, 0.2) is 12.2 Å². The fourth-order valence-corrected chi connectivity index (χ4v) is 2.62. The number of rotatable bonds is 3. The predicted octanol–water partition coefficient (Wildman–Crippen LogP) is 2.48. The summed E-state index contributed by atoms with van der Waals surface area (Å²) in [6.07, 6.45) is 5.82. The Bertz CT molecular complexity index is 322. The van der Waals surface area contributed by atoms with Crippen molar-refractivity contribution in [3.63, 3.8) is 0 Å². The molecule has 4 heteroatoms. The van der Waals surface area contributed by atoms with Crippen LogP contribution in [0.3, 0.4) is 0 Å². The molecule has 0 radical (unpaired) electrons. The van der Waals surface area contributed by atoms with E-state index < -0.39 is 5.97 Å². The molecule has 2 atom stereocenters.